The fourth-order valence-corrected chi connectivity index (χ4v) is 4.79. The molecule has 2 aromatic rings. The van der Waals surface area contributed by atoms with Gasteiger partial charge in [0, 0.05) is 11.6 Å². The molecule has 1 atom stereocenters. The first-order valence-corrected chi connectivity index (χ1v) is 11.0. The van der Waals surface area contributed by atoms with Crippen molar-refractivity contribution in [3.63, 3.8) is 0 Å². The number of carboxylic acids is 1. The average Bonchev–Trinajstić information content (AvgIpc) is 3.15. The predicted molar refractivity (Wildman–Crippen MR) is 111 cm³/mol. The first-order chi connectivity index (χ1) is 13.6. The van der Waals surface area contributed by atoms with E-state index in [1.807, 2.05) is 24.3 Å². The summed E-state index contributed by atoms with van der Waals surface area (Å²) in [6.07, 6.45) is 8.33. The van der Waals surface area contributed by atoms with Gasteiger partial charge in [-0.1, -0.05) is 50.8 Å². The van der Waals surface area contributed by atoms with Crippen molar-refractivity contribution in [2.45, 2.75) is 74.7 Å². The van der Waals surface area contributed by atoms with Crippen molar-refractivity contribution in [3.05, 3.63) is 24.3 Å². The molecule has 152 valence electrons. The summed E-state index contributed by atoms with van der Waals surface area (Å²) in [5.74, 6) is 0.840. The van der Waals surface area contributed by atoms with Gasteiger partial charge < -0.3 is 9.84 Å². The molecule has 1 saturated carbocycles. The molecule has 1 aliphatic carbocycles. The van der Waals surface area contributed by atoms with E-state index in [1.54, 1.807) is 7.11 Å². The molecule has 6 nitrogen and oxygen atoms in total. The van der Waals surface area contributed by atoms with Crippen LogP contribution < -0.4 is 4.74 Å². The number of carboxylic acid groups (broad SMARTS) is 1. The van der Waals surface area contributed by atoms with E-state index in [1.165, 1.54) is 31.0 Å². The number of nitrogens with zero attached hydrogens (tertiary/aromatic N) is 3. The highest BCUT2D eigenvalue weighted by atomic mass is 32.2. The summed E-state index contributed by atoms with van der Waals surface area (Å²) in [5.41, 5.74) is 0.978. The average molecular weight is 404 g/mol. The molecule has 1 N–H and O–H groups in total. The van der Waals surface area contributed by atoms with Crippen LogP contribution in [0.5, 0.6) is 5.75 Å². The number of carbonyl (C=O) groups is 1. The van der Waals surface area contributed by atoms with Crippen LogP contribution in [0.4, 0.5) is 0 Å². The van der Waals surface area contributed by atoms with Crippen molar-refractivity contribution in [3.8, 4) is 17.1 Å². The Morgan fingerprint density at radius 1 is 1.25 bits per heavy atom. The second-order valence-corrected chi connectivity index (χ2v) is 8.45. The quantitative estimate of drug-likeness (QED) is 0.580. The molecular weight excluding hydrogens is 374 g/mol. The Labute approximate surface area is 170 Å². The Kier molecular flexibility index (Phi) is 7.36. The summed E-state index contributed by atoms with van der Waals surface area (Å²) in [6, 6.07) is 8.14. The van der Waals surface area contributed by atoms with Crippen LogP contribution in [0.15, 0.2) is 29.4 Å². The first-order valence-electron chi connectivity index (χ1n) is 10.1. The van der Waals surface area contributed by atoms with Gasteiger partial charge in [-0.3, -0.25) is 9.36 Å². The molecule has 1 unspecified atom stereocenters. The number of ether oxygens (including phenoxy) is 1. The number of unbranched alkanes of at least 4 members (excludes halogenated alkanes) is 1. The van der Waals surface area contributed by atoms with Crippen molar-refractivity contribution < 1.29 is 14.6 Å². The highest BCUT2D eigenvalue weighted by Crippen LogP contribution is 2.37. The van der Waals surface area contributed by atoms with E-state index < -0.39 is 11.2 Å². The minimum absolute atomic E-state index is 0.323. The fraction of sp³-hybridized carbons (Fsp3) is 0.571. The van der Waals surface area contributed by atoms with Crippen LogP contribution in [0.3, 0.4) is 0 Å². The normalized spacial score (nSPS) is 16.1. The maximum atomic E-state index is 11.8. The molecule has 0 amide bonds. The maximum absolute atomic E-state index is 11.8. The Hall–Kier alpha value is -2.02. The largest absolute Gasteiger partial charge is 0.497 e. The van der Waals surface area contributed by atoms with Gasteiger partial charge in [-0.15, -0.1) is 10.2 Å². The van der Waals surface area contributed by atoms with Crippen LogP contribution in [-0.4, -0.2) is 38.2 Å². The van der Waals surface area contributed by atoms with Gasteiger partial charge in [0.05, 0.1) is 7.11 Å². The van der Waals surface area contributed by atoms with Gasteiger partial charge in [0.15, 0.2) is 11.0 Å². The van der Waals surface area contributed by atoms with E-state index in [0.29, 0.717) is 12.5 Å². The third kappa shape index (κ3) is 4.87. The second-order valence-electron chi connectivity index (χ2n) is 7.28. The van der Waals surface area contributed by atoms with Crippen molar-refractivity contribution in [1.29, 1.82) is 0 Å². The molecular formula is C21H29N3O3S. The highest BCUT2D eigenvalue weighted by molar-refractivity contribution is 8.00. The number of hydrogen-bond acceptors (Lipinski definition) is 5. The van der Waals surface area contributed by atoms with E-state index in [0.717, 1.165) is 48.0 Å². The standard InChI is InChI=1S/C21H29N3O3S/c1-3-4-10-18(20(25)26)28-21-23-22-19(15-11-13-17(27-2)14-12-15)24(21)16-8-6-5-7-9-16/h11-14,16,18H,3-10H2,1-2H3,(H,25,26). The smallest absolute Gasteiger partial charge is 0.317 e. The lowest BCUT2D eigenvalue weighted by Crippen LogP contribution is -2.19. The zero-order chi connectivity index (χ0) is 19.9. The highest BCUT2D eigenvalue weighted by Gasteiger charge is 2.27. The number of benzene rings is 1. The van der Waals surface area contributed by atoms with Gasteiger partial charge in [0.1, 0.15) is 11.0 Å². The molecule has 28 heavy (non-hydrogen) atoms. The molecule has 0 spiro atoms. The number of aromatic nitrogens is 3. The van der Waals surface area contributed by atoms with Crippen molar-refractivity contribution in [1.82, 2.24) is 14.8 Å². The number of aliphatic carboxylic acids is 1. The molecule has 1 fully saturated rings. The van der Waals surface area contributed by atoms with Crippen molar-refractivity contribution >= 4 is 17.7 Å². The van der Waals surface area contributed by atoms with Crippen LogP contribution >= 0.6 is 11.8 Å². The predicted octanol–water partition coefficient (Wildman–Crippen LogP) is 5.19. The van der Waals surface area contributed by atoms with Crippen LogP contribution in [0.25, 0.3) is 11.4 Å². The second kappa shape index (κ2) is 9.96. The lowest BCUT2D eigenvalue weighted by Gasteiger charge is -2.26. The molecule has 0 bridgehead atoms. The topological polar surface area (TPSA) is 77.2 Å². The number of hydrogen-bond donors (Lipinski definition) is 1. The number of thioether (sulfide) groups is 1. The summed E-state index contributed by atoms with van der Waals surface area (Å²) >= 11 is 1.35. The molecule has 0 aliphatic heterocycles. The minimum atomic E-state index is -0.775. The van der Waals surface area contributed by atoms with Crippen LogP contribution in [0.2, 0.25) is 0 Å². The van der Waals surface area contributed by atoms with Gasteiger partial charge >= 0.3 is 5.97 Å². The summed E-state index contributed by atoms with van der Waals surface area (Å²) in [4.78, 5) is 11.8. The summed E-state index contributed by atoms with van der Waals surface area (Å²) in [5, 5.41) is 18.8. The molecule has 3 rings (SSSR count). The van der Waals surface area contributed by atoms with Gasteiger partial charge in [-0.05, 0) is 43.5 Å². The van der Waals surface area contributed by atoms with E-state index >= 15 is 0 Å². The molecule has 0 saturated heterocycles. The summed E-state index contributed by atoms with van der Waals surface area (Å²) in [7, 11) is 1.65. The fourth-order valence-electron chi connectivity index (χ4n) is 3.71. The molecule has 1 aromatic carbocycles. The van der Waals surface area contributed by atoms with Crippen LogP contribution in [-0.2, 0) is 4.79 Å². The monoisotopic (exact) mass is 403 g/mol. The lowest BCUT2D eigenvalue weighted by molar-refractivity contribution is -0.136. The minimum Gasteiger partial charge on any atom is -0.497 e. The van der Waals surface area contributed by atoms with Gasteiger partial charge in [-0.25, -0.2) is 0 Å². The SMILES string of the molecule is CCCCC(Sc1nnc(-c2ccc(OC)cc2)n1C1CCCCC1)C(=O)O. The zero-order valence-electron chi connectivity index (χ0n) is 16.6. The Balaban J connectivity index is 1.94. The van der Waals surface area contributed by atoms with Gasteiger partial charge in [-0.2, -0.15) is 0 Å². The van der Waals surface area contributed by atoms with Gasteiger partial charge in [0.25, 0.3) is 0 Å². The summed E-state index contributed by atoms with van der Waals surface area (Å²) < 4.78 is 7.45. The van der Waals surface area contributed by atoms with E-state index in [2.05, 4.69) is 21.7 Å². The van der Waals surface area contributed by atoms with Gasteiger partial charge in [0.2, 0.25) is 0 Å². The molecule has 1 aromatic heterocycles. The Bertz CT molecular complexity index is 770. The van der Waals surface area contributed by atoms with Crippen LogP contribution in [0.1, 0.15) is 64.3 Å². The van der Waals surface area contributed by atoms with E-state index in [9.17, 15) is 9.90 Å². The molecule has 0 radical (unpaired) electrons. The van der Waals surface area contributed by atoms with Crippen molar-refractivity contribution in [2.24, 2.45) is 0 Å². The molecule has 7 heteroatoms. The lowest BCUT2D eigenvalue weighted by atomic mass is 9.95. The number of rotatable bonds is 9. The third-order valence-corrected chi connectivity index (χ3v) is 6.51. The summed E-state index contributed by atoms with van der Waals surface area (Å²) in [6.45, 7) is 2.08. The maximum Gasteiger partial charge on any atom is 0.317 e. The first kappa shape index (κ1) is 20.7. The van der Waals surface area contributed by atoms with E-state index in [-0.39, 0.29) is 0 Å². The molecule has 1 aliphatic rings. The Morgan fingerprint density at radius 2 is 1.96 bits per heavy atom. The molecule has 1 heterocycles. The zero-order valence-corrected chi connectivity index (χ0v) is 17.5. The van der Waals surface area contributed by atoms with E-state index in [4.69, 9.17) is 4.74 Å². The Morgan fingerprint density at radius 3 is 2.57 bits per heavy atom. The van der Waals surface area contributed by atoms with Crippen LogP contribution in [0, 0.1) is 0 Å². The number of methoxy groups -OCH3 is 1. The third-order valence-electron chi connectivity index (χ3n) is 5.30. The van der Waals surface area contributed by atoms with Crippen molar-refractivity contribution in [2.75, 3.05) is 7.11 Å².